The maximum absolute atomic E-state index is 12.5. The molecule has 7 heteroatoms. The van der Waals surface area contributed by atoms with Gasteiger partial charge in [0.05, 0.1) is 18.8 Å². The Kier molecular flexibility index (Phi) is 5.37. The lowest BCUT2D eigenvalue weighted by molar-refractivity contribution is -0.184. The molecule has 2 saturated heterocycles. The predicted octanol–water partition coefficient (Wildman–Crippen LogP) is 1.88. The Balaban J connectivity index is 1.77. The van der Waals surface area contributed by atoms with Crippen molar-refractivity contribution in [2.75, 3.05) is 13.2 Å². The average Bonchev–Trinajstić information content (AvgIpc) is 3.14. The van der Waals surface area contributed by atoms with Crippen LogP contribution in [0.5, 0.6) is 0 Å². The highest BCUT2D eigenvalue weighted by Crippen LogP contribution is 2.31. The number of aliphatic hydroxyl groups is 1. The summed E-state index contributed by atoms with van der Waals surface area (Å²) in [4.78, 5) is 12.5. The summed E-state index contributed by atoms with van der Waals surface area (Å²) < 4.78 is 28.3. The third-order valence-corrected chi connectivity index (χ3v) is 4.40. The molecule has 1 aromatic carbocycles. The van der Waals surface area contributed by atoms with Crippen molar-refractivity contribution in [2.45, 2.75) is 63.7 Å². The van der Waals surface area contributed by atoms with E-state index in [1.807, 2.05) is 6.07 Å². The summed E-state index contributed by atoms with van der Waals surface area (Å²) in [6, 6.07) is 8.61. The zero-order valence-electron chi connectivity index (χ0n) is 15.5. The van der Waals surface area contributed by atoms with Gasteiger partial charge in [-0.15, -0.1) is 0 Å². The van der Waals surface area contributed by atoms with Crippen LogP contribution in [-0.4, -0.2) is 60.3 Å². The van der Waals surface area contributed by atoms with E-state index in [4.69, 9.17) is 23.7 Å². The highest BCUT2D eigenvalue weighted by atomic mass is 16.8. The van der Waals surface area contributed by atoms with Crippen molar-refractivity contribution in [3.8, 4) is 0 Å². The van der Waals surface area contributed by atoms with E-state index in [-0.39, 0.29) is 13.2 Å². The van der Waals surface area contributed by atoms with E-state index in [1.165, 1.54) is 0 Å². The standard InChI is InChI=1S/C19H26O7/c1-18(2)22-10-13(25-18)15(20)16(14-11-23-19(3,4)26-14)24-17(21)12-8-6-5-7-9-12/h5-9,13-16,20H,10-11H2,1-4H3/t13-,14+,15-,16-/m1/s1. The molecule has 2 fully saturated rings. The third kappa shape index (κ3) is 4.42. The van der Waals surface area contributed by atoms with Crippen LogP contribution >= 0.6 is 0 Å². The molecule has 0 saturated carbocycles. The first-order valence-corrected chi connectivity index (χ1v) is 8.74. The largest absolute Gasteiger partial charge is 0.453 e. The Bertz CT molecular complexity index is 628. The van der Waals surface area contributed by atoms with Crippen LogP contribution < -0.4 is 0 Å². The molecule has 1 aromatic rings. The van der Waals surface area contributed by atoms with E-state index in [0.717, 1.165) is 0 Å². The van der Waals surface area contributed by atoms with Gasteiger partial charge in [-0.3, -0.25) is 0 Å². The molecule has 144 valence electrons. The molecule has 0 amide bonds. The van der Waals surface area contributed by atoms with E-state index in [0.29, 0.717) is 5.56 Å². The topological polar surface area (TPSA) is 83.5 Å². The Hall–Kier alpha value is -1.51. The van der Waals surface area contributed by atoms with Gasteiger partial charge >= 0.3 is 5.97 Å². The second-order valence-corrected chi connectivity index (χ2v) is 7.46. The summed E-state index contributed by atoms with van der Waals surface area (Å²) in [5, 5.41) is 10.8. The highest BCUT2D eigenvalue weighted by Gasteiger charge is 2.48. The number of carbonyl (C=O) groups is 1. The summed E-state index contributed by atoms with van der Waals surface area (Å²) in [6.07, 6.45) is -3.32. The van der Waals surface area contributed by atoms with Crippen molar-refractivity contribution in [3.05, 3.63) is 35.9 Å². The second kappa shape index (κ2) is 7.25. The SMILES string of the molecule is CC1(C)OC[C@@H]([C@@H](OC(=O)c2ccccc2)[C@H](O)[C@H]2COC(C)(C)O2)O1. The minimum absolute atomic E-state index is 0.199. The quantitative estimate of drug-likeness (QED) is 0.797. The number of ether oxygens (including phenoxy) is 5. The molecule has 4 atom stereocenters. The van der Waals surface area contributed by atoms with Crippen LogP contribution in [0.1, 0.15) is 38.1 Å². The van der Waals surface area contributed by atoms with Crippen LogP contribution in [0.15, 0.2) is 30.3 Å². The molecule has 2 aliphatic rings. The lowest BCUT2D eigenvalue weighted by Crippen LogP contribution is -2.49. The number of benzene rings is 1. The van der Waals surface area contributed by atoms with Crippen LogP contribution in [0.25, 0.3) is 0 Å². The maximum atomic E-state index is 12.5. The van der Waals surface area contributed by atoms with Crippen molar-refractivity contribution < 1.29 is 33.6 Å². The summed E-state index contributed by atoms with van der Waals surface area (Å²) in [7, 11) is 0. The molecule has 26 heavy (non-hydrogen) atoms. The summed E-state index contributed by atoms with van der Waals surface area (Å²) in [5.41, 5.74) is 0.395. The van der Waals surface area contributed by atoms with E-state index >= 15 is 0 Å². The zero-order valence-corrected chi connectivity index (χ0v) is 15.5. The lowest BCUT2D eigenvalue weighted by Gasteiger charge is -2.31. The van der Waals surface area contributed by atoms with Crippen molar-refractivity contribution in [1.82, 2.24) is 0 Å². The molecule has 0 bridgehead atoms. The molecule has 1 N–H and O–H groups in total. The molecule has 7 nitrogen and oxygen atoms in total. The minimum Gasteiger partial charge on any atom is -0.453 e. The van der Waals surface area contributed by atoms with Gasteiger partial charge in [0.25, 0.3) is 0 Å². The molecular weight excluding hydrogens is 340 g/mol. The van der Waals surface area contributed by atoms with Crippen LogP contribution in [-0.2, 0) is 23.7 Å². The fourth-order valence-electron chi connectivity index (χ4n) is 3.10. The Morgan fingerprint density at radius 1 is 1.04 bits per heavy atom. The maximum Gasteiger partial charge on any atom is 0.338 e. The number of esters is 1. The van der Waals surface area contributed by atoms with Crippen LogP contribution in [0.3, 0.4) is 0 Å². The van der Waals surface area contributed by atoms with Gasteiger partial charge in [0.1, 0.15) is 18.3 Å². The number of aliphatic hydroxyl groups excluding tert-OH is 1. The van der Waals surface area contributed by atoms with Gasteiger partial charge in [0, 0.05) is 0 Å². The molecule has 0 aromatic heterocycles. The summed E-state index contributed by atoms with van der Waals surface area (Å²) in [6.45, 7) is 7.48. The number of rotatable bonds is 5. The van der Waals surface area contributed by atoms with Gasteiger partial charge in [-0.2, -0.15) is 0 Å². The smallest absolute Gasteiger partial charge is 0.338 e. The molecule has 0 aliphatic carbocycles. The Morgan fingerprint density at radius 3 is 2.08 bits per heavy atom. The molecule has 0 radical (unpaired) electrons. The lowest BCUT2D eigenvalue weighted by atomic mass is 10.0. The van der Waals surface area contributed by atoms with Crippen molar-refractivity contribution in [2.24, 2.45) is 0 Å². The van der Waals surface area contributed by atoms with E-state index in [9.17, 15) is 9.90 Å². The van der Waals surface area contributed by atoms with Crippen molar-refractivity contribution in [1.29, 1.82) is 0 Å². The monoisotopic (exact) mass is 366 g/mol. The first-order chi connectivity index (χ1) is 12.2. The Morgan fingerprint density at radius 2 is 1.58 bits per heavy atom. The van der Waals surface area contributed by atoms with Gasteiger partial charge in [0.15, 0.2) is 17.7 Å². The molecule has 0 unspecified atom stereocenters. The minimum atomic E-state index is -1.12. The highest BCUT2D eigenvalue weighted by molar-refractivity contribution is 5.89. The van der Waals surface area contributed by atoms with E-state index in [1.54, 1.807) is 52.0 Å². The first kappa shape index (κ1) is 19.3. The van der Waals surface area contributed by atoms with E-state index in [2.05, 4.69) is 0 Å². The summed E-state index contributed by atoms with van der Waals surface area (Å²) >= 11 is 0. The average molecular weight is 366 g/mol. The number of hydrogen-bond donors (Lipinski definition) is 1. The van der Waals surface area contributed by atoms with Crippen LogP contribution in [0, 0.1) is 0 Å². The van der Waals surface area contributed by atoms with Crippen LogP contribution in [0.4, 0.5) is 0 Å². The third-order valence-electron chi connectivity index (χ3n) is 4.40. The van der Waals surface area contributed by atoms with Crippen LogP contribution in [0.2, 0.25) is 0 Å². The fourth-order valence-corrected chi connectivity index (χ4v) is 3.10. The van der Waals surface area contributed by atoms with Gasteiger partial charge in [-0.25, -0.2) is 4.79 Å². The zero-order chi connectivity index (χ0) is 18.9. The molecular formula is C19H26O7. The molecule has 0 spiro atoms. The van der Waals surface area contributed by atoms with Gasteiger partial charge in [0.2, 0.25) is 0 Å². The van der Waals surface area contributed by atoms with Crippen molar-refractivity contribution in [3.63, 3.8) is 0 Å². The van der Waals surface area contributed by atoms with Gasteiger partial charge in [-0.05, 0) is 39.8 Å². The molecule has 2 aliphatic heterocycles. The van der Waals surface area contributed by atoms with Crippen molar-refractivity contribution >= 4 is 5.97 Å². The Labute approximate surface area is 153 Å². The predicted molar refractivity (Wildman–Crippen MR) is 91.5 cm³/mol. The van der Waals surface area contributed by atoms with E-state index < -0.39 is 42.0 Å². The normalized spacial score (nSPS) is 29.3. The summed E-state index contributed by atoms with van der Waals surface area (Å²) in [5.74, 6) is -2.15. The fraction of sp³-hybridized carbons (Fsp3) is 0.632. The molecule has 2 heterocycles. The number of carbonyl (C=O) groups excluding carboxylic acids is 1. The second-order valence-electron chi connectivity index (χ2n) is 7.46. The molecule has 3 rings (SSSR count). The first-order valence-electron chi connectivity index (χ1n) is 8.74. The number of hydrogen-bond acceptors (Lipinski definition) is 7. The van der Waals surface area contributed by atoms with Gasteiger partial charge in [-0.1, -0.05) is 18.2 Å². The van der Waals surface area contributed by atoms with Gasteiger partial charge < -0.3 is 28.8 Å².